The molecule has 29 heavy (non-hydrogen) atoms. The molecule has 150 valence electrons. The maximum absolute atomic E-state index is 12.4. The second-order valence-corrected chi connectivity index (χ2v) is 6.23. The first kappa shape index (κ1) is 20.2. The molecule has 0 bridgehead atoms. The molecule has 0 aliphatic heterocycles. The van der Waals surface area contributed by atoms with Crippen LogP contribution in [0.25, 0.3) is 0 Å². The fourth-order valence-corrected chi connectivity index (χ4v) is 2.64. The van der Waals surface area contributed by atoms with Crippen LogP contribution >= 0.6 is 11.6 Å². The zero-order valence-electron chi connectivity index (χ0n) is 15.4. The molecular weight excluding hydrogens is 400 g/mol. The molecule has 3 aromatic rings. The minimum absolute atomic E-state index is 0.0492. The van der Waals surface area contributed by atoms with Crippen molar-refractivity contribution in [3.05, 3.63) is 75.6 Å². The van der Waals surface area contributed by atoms with Crippen LogP contribution in [0.3, 0.4) is 0 Å². The highest BCUT2D eigenvalue weighted by atomic mass is 35.5. The molecule has 0 fully saturated rings. The smallest absolute Gasteiger partial charge is 0.296 e. The van der Waals surface area contributed by atoms with Gasteiger partial charge in [0.2, 0.25) is 0 Å². The molecule has 0 spiro atoms. The van der Waals surface area contributed by atoms with Crippen molar-refractivity contribution in [2.24, 2.45) is 0 Å². The van der Waals surface area contributed by atoms with E-state index >= 15 is 0 Å². The Balaban J connectivity index is 1.68. The molecule has 0 atom stereocenters. The van der Waals surface area contributed by atoms with Gasteiger partial charge in [0, 0.05) is 11.2 Å². The monoisotopic (exact) mass is 416 g/mol. The Hall–Kier alpha value is -3.59. The first-order chi connectivity index (χ1) is 14.0. The average Bonchev–Trinajstić information content (AvgIpc) is 3.17. The first-order valence-corrected chi connectivity index (χ1v) is 8.98. The predicted molar refractivity (Wildman–Crippen MR) is 107 cm³/mol. The van der Waals surface area contributed by atoms with Crippen LogP contribution in [-0.2, 0) is 6.73 Å². The molecule has 2 aromatic carbocycles. The number of hydrogen-bond donors (Lipinski definition) is 1. The van der Waals surface area contributed by atoms with E-state index in [0.29, 0.717) is 23.1 Å². The number of rotatable bonds is 8. The van der Waals surface area contributed by atoms with Gasteiger partial charge >= 0.3 is 0 Å². The molecule has 0 radical (unpaired) electrons. The second kappa shape index (κ2) is 9.07. The van der Waals surface area contributed by atoms with Crippen molar-refractivity contribution >= 4 is 28.9 Å². The van der Waals surface area contributed by atoms with Crippen LogP contribution in [0, 0.1) is 10.1 Å². The summed E-state index contributed by atoms with van der Waals surface area (Å²) in [5.74, 6) is 0.322. The van der Waals surface area contributed by atoms with Crippen molar-refractivity contribution in [2.45, 2.75) is 13.7 Å². The van der Waals surface area contributed by atoms with Gasteiger partial charge in [0.05, 0.1) is 17.6 Å². The van der Waals surface area contributed by atoms with Crippen LogP contribution in [0.2, 0.25) is 5.02 Å². The maximum atomic E-state index is 12.4. The van der Waals surface area contributed by atoms with Gasteiger partial charge in [-0.15, -0.1) is 0 Å². The number of anilines is 1. The van der Waals surface area contributed by atoms with E-state index in [1.54, 1.807) is 43.5 Å². The number of nitrogens with one attached hydrogen (secondary N) is 1. The predicted octanol–water partition coefficient (Wildman–Crippen LogP) is 4.13. The van der Waals surface area contributed by atoms with Gasteiger partial charge in [-0.2, -0.15) is 5.10 Å². The summed E-state index contributed by atoms with van der Waals surface area (Å²) >= 11 is 5.90. The number of amides is 1. The number of aromatic nitrogens is 2. The second-order valence-electron chi connectivity index (χ2n) is 5.79. The minimum Gasteiger partial charge on any atom is -0.494 e. The third-order valence-corrected chi connectivity index (χ3v) is 3.99. The van der Waals surface area contributed by atoms with E-state index in [9.17, 15) is 14.9 Å². The summed E-state index contributed by atoms with van der Waals surface area (Å²) in [4.78, 5) is 23.1. The number of benzene rings is 2. The molecule has 1 aromatic heterocycles. The van der Waals surface area contributed by atoms with Gasteiger partial charge in [-0.25, -0.2) is 4.68 Å². The molecule has 0 saturated carbocycles. The summed E-state index contributed by atoms with van der Waals surface area (Å²) in [5.41, 5.74) is -0.135. The van der Waals surface area contributed by atoms with Crippen molar-refractivity contribution in [3.8, 4) is 11.5 Å². The van der Waals surface area contributed by atoms with Crippen LogP contribution in [-0.4, -0.2) is 27.2 Å². The summed E-state index contributed by atoms with van der Waals surface area (Å²) in [6.07, 6.45) is 1.56. The third-order valence-electron chi connectivity index (χ3n) is 3.76. The van der Waals surface area contributed by atoms with E-state index in [0.717, 1.165) is 0 Å². The van der Waals surface area contributed by atoms with E-state index < -0.39 is 10.8 Å². The third kappa shape index (κ3) is 5.23. The highest BCUT2D eigenvalue weighted by molar-refractivity contribution is 6.30. The number of carbonyl (C=O) groups excluding carboxylic acids is 1. The molecule has 10 heteroatoms. The van der Waals surface area contributed by atoms with Crippen LogP contribution in [0.5, 0.6) is 11.5 Å². The Kier molecular flexibility index (Phi) is 6.30. The van der Waals surface area contributed by atoms with E-state index in [-0.39, 0.29) is 23.8 Å². The lowest BCUT2D eigenvalue weighted by molar-refractivity contribution is -0.384. The number of ether oxygens (including phenoxy) is 2. The molecule has 0 aliphatic carbocycles. The van der Waals surface area contributed by atoms with E-state index in [1.807, 2.05) is 0 Å². The van der Waals surface area contributed by atoms with Crippen molar-refractivity contribution in [1.29, 1.82) is 0 Å². The molecule has 1 heterocycles. The van der Waals surface area contributed by atoms with Crippen molar-refractivity contribution in [3.63, 3.8) is 0 Å². The SMILES string of the molecule is CCOc1ccc(NC(=O)c2ccn(COc3cccc(Cl)c3)n2)c([N+](=O)[O-])c1. The van der Waals surface area contributed by atoms with Gasteiger partial charge in [-0.1, -0.05) is 17.7 Å². The number of nitro benzene ring substituents is 1. The Bertz CT molecular complexity index is 1040. The van der Waals surface area contributed by atoms with Crippen LogP contribution < -0.4 is 14.8 Å². The maximum Gasteiger partial charge on any atom is 0.296 e. The molecule has 1 N–H and O–H groups in total. The summed E-state index contributed by atoms with van der Waals surface area (Å²) in [5, 5.41) is 18.5. The summed E-state index contributed by atoms with van der Waals surface area (Å²) < 4.78 is 12.2. The van der Waals surface area contributed by atoms with Gasteiger partial charge in [0.15, 0.2) is 12.4 Å². The molecule has 0 unspecified atom stereocenters. The van der Waals surface area contributed by atoms with E-state index in [2.05, 4.69) is 10.4 Å². The zero-order chi connectivity index (χ0) is 20.8. The summed E-state index contributed by atoms with van der Waals surface area (Å²) in [7, 11) is 0. The lowest BCUT2D eigenvalue weighted by atomic mass is 10.2. The Morgan fingerprint density at radius 2 is 2.00 bits per heavy atom. The van der Waals surface area contributed by atoms with Crippen LogP contribution in [0.4, 0.5) is 11.4 Å². The summed E-state index contributed by atoms with van der Waals surface area (Å²) in [6.45, 7) is 2.21. The highest BCUT2D eigenvalue weighted by Crippen LogP contribution is 2.29. The minimum atomic E-state index is -0.588. The number of nitrogens with zero attached hydrogens (tertiary/aromatic N) is 3. The van der Waals surface area contributed by atoms with Gasteiger partial charge in [0.1, 0.15) is 17.2 Å². The fraction of sp³-hybridized carbons (Fsp3) is 0.158. The molecule has 3 rings (SSSR count). The normalized spacial score (nSPS) is 10.4. The molecular formula is C19H17ClN4O5. The topological polar surface area (TPSA) is 109 Å². The fourth-order valence-electron chi connectivity index (χ4n) is 2.46. The number of hydrogen-bond acceptors (Lipinski definition) is 6. The highest BCUT2D eigenvalue weighted by Gasteiger charge is 2.19. The number of carbonyl (C=O) groups is 1. The number of halogens is 1. The van der Waals surface area contributed by atoms with Gasteiger partial charge in [-0.05, 0) is 43.3 Å². The van der Waals surface area contributed by atoms with E-state index in [1.165, 1.54) is 22.9 Å². The van der Waals surface area contributed by atoms with Crippen LogP contribution in [0.1, 0.15) is 17.4 Å². The Morgan fingerprint density at radius 3 is 2.72 bits per heavy atom. The lowest BCUT2D eigenvalue weighted by Gasteiger charge is -2.08. The Labute approximate surface area is 171 Å². The van der Waals surface area contributed by atoms with Gasteiger partial charge < -0.3 is 14.8 Å². The average molecular weight is 417 g/mol. The lowest BCUT2D eigenvalue weighted by Crippen LogP contribution is -2.15. The number of nitro groups is 1. The molecule has 0 saturated heterocycles. The van der Waals surface area contributed by atoms with Crippen molar-refractivity contribution in [1.82, 2.24) is 9.78 Å². The molecule has 1 amide bonds. The Morgan fingerprint density at radius 1 is 1.21 bits per heavy atom. The largest absolute Gasteiger partial charge is 0.494 e. The quantitative estimate of drug-likeness (QED) is 0.436. The van der Waals surface area contributed by atoms with Crippen molar-refractivity contribution < 1.29 is 19.2 Å². The standard InChI is InChI=1S/C19H17ClN4O5/c1-2-28-15-6-7-16(18(11-15)24(26)27)21-19(25)17-8-9-23(22-17)12-29-14-5-3-4-13(20)10-14/h3-11H,2,12H2,1H3,(H,21,25). The van der Waals surface area contributed by atoms with Gasteiger partial charge in [0.25, 0.3) is 11.6 Å². The van der Waals surface area contributed by atoms with Crippen LogP contribution in [0.15, 0.2) is 54.7 Å². The summed E-state index contributed by atoms with van der Waals surface area (Å²) in [6, 6.07) is 12.6. The molecule has 9 nitrogen and oxygen atoms in total. The van der Waals surface area contributed by atoms with E-state index in [4.69, 9.17) is 21.1 Å². The molecule has 0 aliphatic rings. The zero-order valence-corrected chi connectivity index (χ0v) is 16.1. The first-order valence-electron chi connectivity index (χ1n) is 8.60. The van der Waals surface area contributed by atoms with Crippen molar-refractivity contribution in [2.75, 3.05) is 11.9 Å². The van der Waals surface area contributed by atoms with Gasteiger partial charge in [-0.3, -0.25) is 14.9 Å².